The van der Waals surface area contributed by atoms with Crippen molar-refractivity contribution in [3.63, 3.8) is 0 Å². The molecular formula is C20H19NO3. The molecule has 1 amide bonds. The number of furan rings is 1. The fourth-order valence-electron chi connectivity index (χ4n) is 3.11. The van der Waals surface area contributed by atoms with Crippen LogP contribution < -0.4 is 5.32 Å². The maximum atomic E-state index is 12.6. The van der Waals surface area contributed by atoms with E-state index in [1.54, 1.807) is 0 Å². The zero-order chi connectivity index (χ0) is 16.4. The van der Waals surface area contributed by atoms with Crippen molar-refractivity contribution >= 4 is 16.9 Å². The molecular weight excluding hydrogens is 302 g/mol. The van der Waals surface area contributed by atoms with Crippen LogP contribution in [0.4, 0.5) is 0 Å². The Morgan fingerprint density at radius 2 is 1.88 bits per heavy atom. The third-order valence-electron chi connectivity index (χ3n) is 4.45. The quantitative estimate of drug-likeness (QED) is 0.797. The smallest absolute Gasteiger partial charge is 0.226 e. The lowest BCUT2D eigenvalue weighted by molar-refractivity contribution is -0.125. The Balaban J connectivity index is 1.68. The van der Waals surface area contributed by atoms with Gasteiger partial charge < -0.3 is 14.5 Å². The first-order valence-electron chi connectivity index (χ1n) is 8.23. The van der Waals surface area contributed by atoms with Crippen molar-refractivity contribution in [2.75, 3.05) is 13.2 Å². The highest BCUT2D eigenvalue weighted by molar-refractivity contribution is 5.81. The van der Waals surface area contributed by atoms with Gasteiger partial charge in [0.2, 0.25) is 5.91 Å². The molecule has 4 heteroatoms. The zero-order valence-electron chi connectivity index (χ0n) is 13.3. The van der Waals surface area contributed by atoms with E-state index in [0.717, 1.165) is 28.7 Å². The van der Waals surface area contributed by atoms with Gasteiger partial charge in [-0.2, -0.15) is 0 Å². The van der Waals surface area contributed by atoms with Crippen LogP contribution in [0.15, 0.2) is 65.1 Å². The largest absolute Gasteiger partial charge is 0.459 e. The molecule has 2 heterocycles. The fraction of sp³-hybridized carbons (Fsp3) is 0.250. The van der Waals surface area contributed by atoms with Crippen LogP contribution in [0.2, 0.25) is 0 Å². The molecule has 2 atom stereocenters. The van der Waals surface area contributed by atoms with Crippen molar-refractivity contribution in [2.45, 2.75) is 12.5 Å². The van der Waals surface area contributed by atoms with E-state index in [1.165, 1.54) is 0 Å². The molecule has 0 aliphatic carbocycles. The van der Waals surface area contributed by atoms with Gasteiger partial charge in [0.05, 0.1) is 12.5 Å². The number of fused-ring (bicyclic) bond motifs is 1. The number of hydrogen-bond acceptors (Lipinski definition) is 3. The first-order valence-corrected chi connectivity index (χ1v) is 8.23. The topological polar surface area (TPSA) is 51.5 Å². The maximum absolute atomic E-state index is 12.6. The molecule has 0 saturated carbocycles. The average Bonchev–Trinajstić information content (AvgIpc) is 3.29. The van der Waals surface area contributed by atoms with Gasteiger partial charge in [-0.25, -0.2) is 0 Å². The molecule has 122 valence electrons. The summed E-state index contributed by atoms with van der Waals surface area (Å²) in [5.41, 5.74) is 1.83. The van der Waals surface area contributed by atoms with Gasteiger partial charge in [-0.05, 0) is 24.1 Å². The van der Waals surface area contributed by atoms with Gasteiger partial charge >= 0.3 is 0 Å². The molecule has 0 radical (unpaired) electrons. The van der Waals surface area contributed by atoms with E-state index in [0.29, 0.717) is 13.2 Å². The second-order valence-electron chi connectivity index (χ2n) is 6.10. The van der Waals surface area contributed by atoms with Crippen molar-refractivity contribution in [2.24, 2.45) is 5.92 Å². The van der Waals surface area contributed by atoms with Crippen LogP contribution in [0.1, 0.15) is 23.8 Å². The number of nitrogens with one attached hydrogen (secondary N) is 1. The molecule has 1 saturated heterocycles. The van der Waals surface area contributed by atoms with E-state index in [4.69, 9.17) is 9.15 Å². The van der Waals surface area contributed by atoms with E-state index in [-0.39, 0.29) is 17.9 Å². The summed E-state index contributed by atoms with van der Waals surface area (Å²) in [5.74, 6) is 0.678. The van der Waals surface area contributed by atoms with E-state index in [9.17, 15) is 4.79 Å². The number of ether oxygens (including phenoxy) is 1. The highest BCUT2D eigenvalue weighted by atomic mass is 16.5. The van der Waals surface area contributed by atoms with Gasteiger partial charge in [0.15, 0.2) is 0 Å². The molecule has 4 rings (SSSR count). The van der Waals surface area contributed by atoms with Gasteiger partial charge in [0.1, 0.15) is 17.4 Å². The van der Waals surface area contributed by atoms with Crippen molar-refractivity contribution in [3.8, 4) is 0 Å². The highest BCUT2D eigenvalue weighted by Crippen LogP contribution is 2.29. The Hall–Kier alpha value is -2.59. The van der Waals surface area contributed by atoms with Gasteiger partial charge in [-0.15, -0.1) is 0 Å². The van der Waals surface area contributed by atoms with Crippen molar-refractivity contribution in [1.29, 1.82) is 0 Å². The average molecular weight is 321 g/mol. The second-order valence-corrected chi connectivity index (χ2v) is 6.10. The van der Waals surface area contributed by atoms with Crippen LogP contribution >= 0.6 is 0 Å². The minimum absolute atomic E-state index is 0.0156. The second kappa shape index (κ2) is 6.49. The third-order valence-corrected chi connectivity index (χ3v) is 4.45. The number of carbonyl (C=O) groups excluding carboxylic acids is 1. The van der Waals surface area contributed by atoms with Crippen LogP contribution in [-0.4, -0.2) is 19.1 Å². The van der Waals surface area contributed by atoms with Crippen molar-refractivity contribution in [3.05, 3.63) is 72.0 Å². The fourth-order valence-corrected chi connectivity index (χ4v) is 3.11. The lowest BCUT2D eigenvalue weighted by Crippen LogP contribution is -2.34. The summed E-state index contributed by atoms with van der Waals surface area (Å²) in [6.45, 7) is 1.15. The summed E-state index contributed by atoms with van der Waals surface area (Å²) >= 11 is 0. The number of hydrogen-bond donors (Lipinski definition) is 1. The zero-order valence-corrected chi connectivity index (χ0v) is 13.3. The summed E-state index contributed by atoms with van der Waals surface area (Å²) in [6.07, 6.45) is 0.771. The first kappa shape index (κ1) is 15.0. The number of amides is 1. The number of rotatable bonds is 4. The Labute approximate surface area is 140 Å². The van der Waals surface area contributed by atoms with Gasteiger partial charge in [0.25, 0.3) is 0 Å². The molecule has 0 bridgehead atoms. The molecule has 1 fully saturated rings. The number of carbonyl (C=O) groups is 1. The summed E-state index contributed by atoms with van der Waals surface area (Å²) < 4.78 is 11.3. The number of para-hydroxylation sites is 1. The highest BCUT2D eigenvalue weighted by Gasteiger charge is 2.28. The summed E-state index contributed by atoms with van der Waals surface area (Å²) in [5, 5.41) is 4.17. The monoisotopic (exact) mass is 321 g/mol. The Bertz CT molecular complexity index is 801. The Kier molecular flexibility index (Phi) is 4.05. The lowest BCUT2D eigenvalue weighted by Gasteiger charge is -2.19. The van der Waals surface area contributed by atoms with Gasteiger partial charge in [0, 0.05) is 12.0 Å². The van der Waals surface area contributed by atoms with Crippen LogP contribution in [-0.2, 0) is 9.53 Å². The molecule has 1 N–H and O–H groups in total. The first-order chi connectivity index (χ1) is 11.8. The standard InChI is InChI=1S/C20H19NO3/c22-20(16-10-11-23-13-16)21-19(14-6-2-1-3-7-14)18-12-15-8-4-5-9-17(15)24-18/h1-9,12,16,19H,10-11,13H2,(H,21,22)/t16-,19-/m1/s1. The van der Waals surface area contributed by atoms with E-state index >= 15 is 0 Å². The summed E-state index contributed by atoms with van der Waals surface area (Å²) in [6, 6.07) is 19.5. The predicted molar refractivity (Wildman–Crippen MR) is 91.6 cm³/mol. The molecule has 1 aromatic heterocycles. The van der Waals surface area contributed by atoms with E-state index < -0.39 is 0 Å². The molecule has 4 nitrogen and oxygen atoms in total. The van der Waals surface area contributed by atoms with Crippen LogP contribution in [0.25, 0.3) is 11.0 Å². The van der Waals surface area contributed by atoms with Crippen LogP contribution in [0, 0.1) is 5.92 Å². The maximum Gasteiger partial charge on any atom is 0.226 e. The van der Waals surface area contributed by atoms with Gasteiger partial charge in [-0.1, -0.05) is 48.5 Å². The molecule has 0 spiro atoms. The van der Waals surface area contributed by atoms with Crippen LogP contribution in [0.5, 0.6) is 0 Å². The summed E-state index contributed by atoms with van der Waals surface area (Å²) in [7, 11) is 0. The van der Waals surface area contributed by atoms with Crippen molar-refractivity contribution < 1.29 is 13.9 Å². The molecule has 1 aliphatic rings. The molecule has 0 unspecified atom stereocenters. The lowest BCUT2D eigenvalue weighted by atomic mass is 10.0. The predicted octanol–water partition coefficient (Wildman–Crippen LogP) is 3.67. The molecule has 3 aromatic rings. The van der Waals surface area contributed by atoms with Gasteiger partial charge in [-0.3, -0.25) is 4.79 Å². The molecule has 1 aliphatic heterocycles. The SMILES string of the molecule is O=C(N[C@H](c1ccccc1)c1cc2ccccc2o1)[C@@H]1CCOC1. The molecule has 24 heavy (non-hydrogen) atoms. The van der Waals surface area contributed by atoms with Crippen molar-refractivity contribution in [1.82, 2.24) is 5.32 Å². The van der Waals surface area contributed by atoms with E-state index in [1.807, 2.05) is 60.7 Å². The minimum atomic E-state index is -0.299. The van der Waals surface area contributed by atoms with Crippen LogP contribution in [0.3, 0.4) is 0 Å². The summed E-state index contributed by atoms with van der Waals surface area (Å²) in [4.78, 5) is 12.6. The Morgan fingerprint density at radius 1 is 1.08 bits per heavy atom. The Morgan fingerprint density at radius 3 is 2.62 bits per heavy atom. The normalized spacial score (nSPS) is 18.6. The minimum Gasteiger partial charge on any atom is -0.459 e. The number of benzene rings is 2. The van der Waals surface area contributed by atoms with E-state index in [2.05, 4.69) is 5.32 Å². The molecule has 2 aromatic carbocycles. The third kappa shape index (κ3) is 2.93.